The molecule has 1 fully saturated rings. The molecule has 7 nitrogen and oxygen atoms in total. The molecule has 0 unspecified atom stereocenters. The summed E-state index contributed by atoms with van der Waals surface area (Å²) in [7, 11) is 1.55. The second-order valence-corrected chi connectivity index (χ2v) is 5.81. The number of aromatic nitrogens is 2. The molecule has 7 heteroatoms. The Hall–Kier alpha value is -2.96. The van der Waals surface area contributed by atoms with Gasteiger partial charge in [-0.3, -0.25) is 9.59 Å². The first-order valence-electron chi connectivity index (χ1n) is 8.10. The molecular weight excluding hydrogens is 320 g/mol. The van der Waals surface area contributed by atoms with Gasteiger partial charge in [-0.25, -0.2) is 9.97 Å². The Kier molecular flexibility index (Phi) is 4.92. The third kappa shape index (κ3) is 3.45. The molecule has 2 heterocycles. The van der Waals surface area contributed by atoms with Crippen LogP contribution in [0.2, 0.25) is 0 Å². The molecule has 1 saturated heterocycles. The van der Waals surface area contributed by atoms with Crippen LogP contribution < -0.4 is 4.74 Å². The topological polar surface area (TPSA) is 75.6 Å². The number of amides is 2. The van der Waals surface area contributed by atoms with Gasteiger partial charge in [-0.2, -0.15) is 0 Å². The molecule has 1 aromatic heterocycles. The van der Waals surface area contributed by atoms with E-state index in [2.05, 4.69) is 9.97 Å². The molecule has 0 aliphatic carbocycles. The second kappa shape index (κ2) is 7.29. The number of benzene rings is 1. The van der Waals surface area contributed by atoms with Gasteiger partial charge < -0.3 is 14.5 Å². The zero-order valence-electron chi connectivity index (χ0n) is 14.3. The largest absolute Gasteiger partial charge is 0.496 e. The highest BCUT2D eigenvalue weighted by atomic mass is 16.5. The Labute approximate surface area is 146 Å². The van der Waals surface area contributed by atoms with Crippen LogP contribution in [0.15, 0.2) is 36.8 Å². The van der Waals surface area contributed by atoms with Gasteiger partial charge in [0.1, 0.15) is 12.1 Å². The number of rotatable bonds is 3. The van der Waals surface area contributed by atoms with Crippen LogP contribution in [-0.2, 0) is 0 Å². The standard InChI is InChI=1S/C18H20N4O3/c1-13-15(11-19-12-20-13)18(24)22-9-7-21(8-10-22)17(23)14-5-3-4-6-16(14)25-2/h3-6,11-12H,7-10H2,1-2H3. The Bertz CT molecular complexity index is 785. The van der Waals surface area contributed by atoms with E-state index in [9.17, 15) is 9.59 Å². The van der Waals surface area contributed by atoms with E-state index in [1.807, 2.05) is 12.1 Å². The number of nitrogens with zero attached hydrogens (tertiary/aromatic N) is 4. The van der Waals surface area contributed by atoms with Gasteiger partial charge in [-0.15, -0.1) is 0 Å². The van der Waals surface area contributed by atoms with Crippen LogP contribution in [0.3, 0.4) is 0 Å². The number of carbonyl (C=O) groups excluding carboxylic acids is 2. The molecule has 0 N–H and O–H groups in total. The lowest BCUT2D eigenvalue weighted by atomic mass is 10.1. The molecule has 1 aliphatic rings. The molecular formula is C18H20N4O3. The summed E-state index contributed by atoms with van der Waals surface area (Å²) >= 11 is 0. The molecule has 0 bridgehead atoms. The maximum absolute atomic E-state index is 12.7. The number of carbonyl (C=O) groups is 2. The molecule has 0 spiro atoms. The fourth-order valence-corrected chi connectivity index (χ4v) is 2.88. The van der Waals surface area contributed by atoms with Crippen molar-refractivity contribution in [1.29, 1.82) is 0 Å². The Balaban J connectivity index is 1.67. The molecule has 130 valence electrons. The van der Waals surface area contributed by atoms with Crippen molar-refractivity contribution in [3.63, 3.8) is 0 Å². The summed E-state index contributed by atoms with van der Waals surface area (Å²) in [5.41, 5.74) is 1.71. The van der Waals surface area contributed by atoms with Crippen molar-refractivity contribution in [2.75, 3.05) is 33.3 Å². The van der Waals surface area contributed by atoms with Crippen LogP contribution in [0.25, 0.3) is 0 Å². The van der Waals surface area contributed by atoms with E-state index in [1.165, 1.54) is 12.5 Å². The predicted octanol–water partition coefficient (Wildman–Crippen LogP) is 1.39. The fourth-order valence-electron chi connectivity index (χ4n) is 2.88. The van der Waals surface area contributed by atoms with E-state index in [-0.39, 0.29) is 11.8 Å². The van der Waals surface area contributed by atoms with Crippen molar-refractivity contribution >= 4 is 11.8 Å². The minimum absolute atomic E-state index is 0.0798. The number of aryl methyl sites for hydroxylation is 1. The first-order chi connectivity index (χ1) is 12.1. The fraction of sp³-hybridized carbons (Fsp3) is 0.333. The Morgan fingerprint density at radius 1 is 1.00 bits per heavy atom. The summed E-state index contributed by atoms with van der Waals surface area (Å²) in [6.07, 6.45) is 2.97. The monoisotopic (exact) mass is 340 g/mol. The lowest BCUT2D eigenvalue weighted by Gasteiger charge is -2.35. The van der Waals surface area contributed by atoms with Gasteiger partial charge >= 0.3 is 0 Å². The van der Waals surface area contributed by atoms with Gasteiger partial charge in [0.05, 0.1) is 23.9 Å². The zero-order valence-corrected chi connectivity index (χ0v) is 14.3. The van der Waals surface area contributed by atoms with E-state index >= 15 is 0 Å². The highest BCUT2D eigenvalue weighted by Gasteiger charge is 2.27. The van der Waals surface area contributed by atoms with Crippen LogP contribution in [0, 0.1) is 6.92 Å². The zero-order chi connectivity index (χ0) is 17.8. The number of para-hydroxylation sites is 1. The first-order valence-corrected chi connectivity index (χ1v) is 8.10. The SMILES string of the molecule is COc1ccccc1C(=O)N1CCN(C(=O)c2cncnc2C)CC1. The third-order valence-corrected chi connectivity index (χ3v) is 4.33. The molecule has 3 rings (SSSR count). The predicted molar refractivity (Wildman–Crippen MR) is 91.6 cm³/mol. The van der Waals surface area contributed by atoms with Crippen LogP contribution in [0.4, 0.5) is 0 Å². The molecule has 1 aromatic carbocycles. The Morgan fingerprint density at radius 3 is 2.20 bits per heavy atom. The lowest BCUT2D eigenvalue weighted by Crippen LogP contribution is -2.50. The first kappa shape index (κ1) is 16.9. The van der Waals surface area contributed by atoms with E-state index in [0.717, 1.165) is 0 Å². The third-order valence-electron chi connectivity index (χ3n) is 4.33. The van der Waals surface area contributed by atoms with E-state index in [0.29, 0.717) is 48.7 Å². The minimum atomic E-state index is -0.0949. The summed E-state index contributed by atoms with van der Waals surface area (Å²) < 4.78 is 5.26. The van der Waals surface area contributed by atoms with Gasteiger partial charge in [0, 0.05) is 32.4 Å². The van der Waals surface area contributed by atoms with Crippen molar-refractivity contribution in [2.45, 2.75) is 6.92 Å². The summed E-state index contributed by atoms with van der Waals surface area (Å²) in [5.74, 6) is 0.384. The van der Waals surface area contributed by atoms with Crippen molar-refractivity contribution in [2.24, 2.45) is 0 Å². The van der Waals surface area contributed by atoms with Gasteiger partial charge in [0.2, 0.25) is 0 Å². The molecule has 0 atom stereocenters. The van der Waals surface area contributed by atoms with E-state index in [4.69, 9.17) is 4.74 Å². The van der Waals surface area contributed by atoms with Gasteiger partial charge in [0.15, 0.2) is 0 Å². The highest BCUT2D eigenvalue weighted by Crippen LogP contribution is 2.20. The van der Waals surface area contributed by atoms with Crippen LogP contribution in [-0.4, -0.2) is 64.9 Å². The average Bonchev–Trinajstić information content (AvgIpc) is 2.67. The number of ether oxygens (including phenoxy) is 1. The summed E-state index contributed by atoms with van der Waals surface area (Å²) in [6.45, 7) is 3.71. The molecule has 1 aliphatic heterocycles. The second-order valence-electron chi connectivity index (χ2n) is 5.81. The summed E-state index contributed by atoms with van der Waals surface area (Å²) in [5, 5.41) is 0. The smallest absolute Gasteiger partial charge is 0.257 e. The van der Waals surface area contributed by atoms with Gasteiger partial charge in [0.25, 0.3) is 11.8 Å². The molecule has 25 heavy (non-hydrogen) atoms. The quantitative estimate of drug-likeness (QED) is 0.844. The molecule has 2 amide bonds. The highest BCUT2D eigenvalue weighted by molar-refractivity contribution is 5.97. The van der Waals surface area contributed by atoms with E-state index in [1.54, 1.807) is 36.0 Å². The van der Waals surface area contributed by atoms with Crippen molar-refractivity contribution in [3.8, 4) is 5.75 Å². The van der Waals surface area contributed by atoms with Crippen molar-refractivity contribution in [1.82, 2.24) is 19.8 Å². The number of piperazine rings is 1. The van der Waals surface area contributed by atoms with Gasteiger partial charge in [-0.1, -0.05) is 12.1 Å². The summed E-state index contributed by atoms with van der Waals surface area (Å²) in [6, 6.07) is 7.17. The maximum Gasteiger partial charge on any atom is 0.257 e. The number of methoxy groups -OCH3 is 1. The molecule has 0 radical (unpaired) electrons. The van der Waals surface area contributed by atoms with Crippen molar-refractivity contribution < 1.29 is 14.3 Å². The van der Waals surface area contributed by atoms with Gasteiger partial charge in [-0.05, 0) is 19.1 Å². The van der Waals surface area contributed by atoms with Crippen LogP contribution in [0.1, 0.15) is 26.4 Å². The number of hydrogen-bond acceptors (Lipinski definition) is 5. The van der Waals surface area contributed by atoms with E-state index < -0.39 is 0 Å². The number of hydrogen-bond donors (Lipinski definition) is 0. The minimum Gasteiger partial charge on any atom is -0.496 e. The lowest BCUT2D eigenvalue weighted by molar-refractivity contribution is 0.0532. The van der Waals surface area contributed by atoms with Crippen molar-refractivity contribution in [3.05, 3.63) is 53.6 Å². The molecule has 0 saturated carbocycles. The normalized spacial score (nSPS) is 14.3. The summed E-state index contributed by atoms with van der Waals surface area (Å²) in [4.78, 5) is 36.8. The van der Waals surface area contributed by atoms with Crippen LogP contribution >= 0.6 is 0 Å². The van der Waals surface area contributed by atoms with Crippen LogP contribution in [0.5, 0.6) is 5.75 Å². The average molecular weight is 340 g/mol. The maximum atomic E-state index is 12.7. The Morgan fingerprint density at radius 2 is 1.60 bits per heavy atom. The molecule has 2 aromatic rings.